The Morgan fingerprint density at radius 3 is 2.22 bits per heavy atom. The van der Waals surface area contributed by atoms with Crippen LogP contribution in [-0.4, -0.2) is 23.0 Å². The molecule has 4 heteroatoms. The Balaban J connectivity index is 2.65. The highest BCUT2D eigenvalue weighted by molar-refractivity contribution is 6.32. The van der Waals surface area contributed by atoms with Crippen molar-refractivity contribution in [3.63, 3.8) is 0 Å². The second-order valence-corrected chi connectivity index (χ2v) is 5.34. The van der Waals surface area contributed by atoms with Crippen molar-refractivity contribution in [2.24, 2.45) is 0 Å². The van der Waals surface area contributed by atoms with Crippen LogP contribution in [0.5, 0.6) is 0 Å². The monoisotopic (exact) mass is 288 g/mol. The van der Waals surface area contributed by atoms with Crippen LogP contribution in [0, 0.1) is 0 Å². The van der Waals surface area contributed by atoms with Gasteiger partial charge in [0.25, 0.3) is 0 Å². The SMILES string of the molecule is CCCCN(CCCC)Cc1nc(Cl)ccc1Cl. The van der Waals surface area contributed by atoms with Gasteiger partial charge >= 0.3 is 0 Å². The summed E-state index contributed by atoms with van der Waals surface area (Å²) in [6.07, 6.45) is 4.84. The molecule has 0 unspecified atom stereocenters. The first-order chi connectivity index (χ1) is 8.67. The molecule has 0 N–H and O–H groups in total. The number of unbranched alkanes of at least 4 members (excludes halogenated alkanes) is 2. The normalized spacial score (nSPS) is 11.2. The first-order valence-electron chi connectivity index (χ1n) is 6.70. The summed E-state index contributed by atoms with van der Waals surface area (Å²) >= 11 is 12.1. The van der Waals surface area contributed by atoms with E-state index in [1.165, 1.54) is 25.7 Å². The number of hydrogen-bond acceptors (Lipinski definition) is 2. The number of halogens is 2. The fraction of sp³-hybridized carbons (Fsp3) is 0.643. The van der Waals surface area contributed by atoms with Crippen LogP contribution >= 0.6 is 23.2 Å². The Labute approximate surface area is 120 Å². The lowest BCUT2D eigenvalue weighted by Crippen LogP contribution is -2.26. The molecule has 1 aromatic rings. The minimum Gasteiger partial charge on any atom is -0.297 e. The molecule has 1 rings (SSSR count). The van der Waals surface area contributed by atoms with E-state index in [0.717, 1.165) is 25.3 Å². The summed E-state index contributed by atoms with van der Waals surface area (Å²) < 4.78 is 0. The lowest BCUT2D eigenvalue weighted by molar-refractivity contribution is 0.254. The van der Waals surface area contributed by atoms with E-state index in [1.807, 2.05) is 6.07 Å². The molecule has 0 bridgehead atoms. The third-order valence-electron chi connectivity index (χ3n) is 2.91. The van der Waals surface area contributed by atoms with Gasteiger partial charge in [-0.2, -0.15) is 0 Å². The highest BCUT2D eigenvalue weighted by Gasteiger charge is 2.09. The van der Waals surface area contributed by atoms with Gasteiger partial charge in [0, 0.05) is 6.54 Å². The van der Waals surface area contributed by atoms with Gasteiger partial charge in [-0.15, -0.1) is 0 Å². The molecule has 0 aliphatic heterocycles. The second kappa shape index (κ2) is 8.73. The first kappa shape index (κ1) is 15.7. The molecule has 0 amide bonds. The molecule has 1 aromatic heterocycles. The van der Waals surface area contributed by atoms with Crippen molar-refractivity contribution in [2.45, 2.75) is 46.1 Å². The van der Waals surface area contributed by atoms with Gasteiger partial charge in [-0.05, 0) is 38.1 Å². The van der Waals surface area contributed by atoms with Crippen LogP contribution in [0.1, 0.15) is 45.2 Å². The van der Waals surface area contributed by atoms with Crippen LogP contribution in [-0.2, 0) is 6.54 Å². The molecule has 0 fully saturated rings. The van der Waals surface area contributed by atoms with E-state index in [0.29, 0.717) is 10.2 Å². The van der Waals surface area contributed by atoms with Gasteiger partial charge in [0.2, 0.25) is 0 Å². The number of nitrogens with zero attached hydrogens (tertiary/aromatic N) is 2. The minimum atomic E-state index is 0.514. The summed E-state index contributed by atoms with van der Waals surface area (Å²) in [6, 6.07) is 3.56. The van der Waals surface area contributed by atoms with Gasteiger partial charge in [0.1, 0.15) is 5.15 Å². The highest BCUT2D eigenvalue weighted by Crippen LogP contribution is 2.19. The standard InChI is InChI=1S/C14H22Cl2N2/c1-3-5-9-18(10-6-4-2)11-13-12(15)7-8-14(16)17-13/h7-8H,3-6,9-11H2,1-2H3. The quantitative estimate of drug-likeness (QED) is 0.640. The molecular formula is C14H22Cl2N2. The molecule has 0 aliphatic carbocycles. The second-order valence-electron chi connectivity index (χ2n) is 4.55. The average molecular weight is 289 g/mol. The van der Waals surface area contributed by atoms with Crippen molar-refractivity contribution in [3.05, 3.63) is 28.0 Å². The molecule has 1 heterocycles. The van der Waals surface area contributed by atoms with Crippen LogP contribution < -0.4 is 0 Å². The maximum atomic E-state index is 6.16. The molecule has 0 spiro atoms. The molecule has 0 saturated heterocycles. The Morgan fingerprint density at radius 1 is 1.06 bits per heavy atom. The Morgan fingerprint density at radius 2 is 1.67 bits per heavy atom. The number of rotatable bonds is 8. The summed E-state index contributed by atoms with van der Waals surface area (Å²) in [7, 11) is 0. The Kier molecular flexibility index (Phi) is 7.64. The van der Waals surface area contributed by atoms with Crippen molar-refractivity contribution in [3.8, 4) is 0 Å². The highest BCUT2D eigenvalue weighted by atomic mass is 35.5. The molecule has 18 heavy (non-hydrogen) atoms. The van der Waals surface area contributed by atoms with Crippen LogP contribution in [0.3, 0.4) is 0 Å². The molecule has 0 saturated carbocycles. The van der Waals surface area contributed by atoms with Crippen molar-refractivity contribution < 1.29 is 0 Å². The maximum absolute atomic E-state index is 6.16. The van der Waals surface area contributed by atoms with Crippen molar-refractivity contribution in [2.75, 3.05) is 13.1 Å². The van der Waals surface area contributed by atoms with Gasteiger partial charge in [-0.1, -0.05) is 49.9 Å². The zero-order chi connectivity index (χ0) is 13.4. The lowest BCUT2D eigenvalue weighted by atomic mass is 10.2. The zero-order valence-corrected chi connectivity index (χ0v) is 12.8. The molecule has 0 aromatic carbocycles. The fourth-order valence-electron chi connectivity index (χ4n) is 1.81. The molecular weight excluding hydrogens is 267 g/mol. The largest absolute Gasteiger partial charge is 0.297 e. The van der Waals surface area contributed by atoms with Crippen molar-refractivity contribution >= 4 is 23.2 Å². The van der Waals surface area contributed by atoms with Crippen LogP contribution in [0.15, 0.2) is 12.1 Å². The van der Waals surface area contributed by atoms with Gasteiger partial charge in [-0.25, -0.2) is 4.98 Å². The molecule has 0 radical (unpaired) electrons. The van der Waals surface area contributed by atoms with Gasteiger partial charge in [0.05, 0.1) is 10.7 Å². The molecule has 2 nitrogen and oxygen atoms in total. The summed E-state index contributed by atoms with van der Waals surface area (Å²) in [5.41, 5.74) is 0.886. The summed E-state index contributed by atoms with van der Waals surface area (Å²) in [4.78, 5) is 6.73. The van der Waals surface area contributed by atoms with Crippen LogP contribution in [0.25, 0.3) is 0 Å². The van der Waals surface area contributed by atoms with Gasteiger partial charge in [-0.3, -0.25) is 4.90 Å². The van der Waals surface area contributed by atoms with E-state index in [-0.39, 0.29) is 0 Å². The van der Waals surface area contributed by atoms with E-state index in [2.05, 4.69) is 23.7 Å². The molecule has 102 valence electrons. The summed E-state index contributed by atoms with van der Waals surface area (Å²) in [5, 5.41) is 1.22. The third kappa shape index (κ3) is 5.55. The first-order valence-corrected chi connectivity index (χ1v) is 7.46. The van der Waals surface area contributed by atoms with Crippen LogP contribution in [0.2, 0.25) is 10.2 Å². The van der Waals surface area contributed by atoms with Gasteiger partial charge in [0.15, 0.2) is 0 Å². The molecule has 0 atom stereocenters. The number of pyridine rings is 1. The Bertz CT molecular complexity index is 348. The van der Waals surface area contributed by atoms with Gasteiger partial charge < -0.3 is 0 Å². The van der Waals surface area contributed by atoms with E-state index in [9.17, 15) is 0 Å². The number of aromatic nitrogens is 1. The smallest absolute Gasteiger partial charge is 0.129 e. The van der Waals surface area contributed by atoms with Crippen molar-refractivity contribution in [1.82, 2.24) is 9.88 Å². The minimum absolute atomic E-state index is 0.514. The predicted molar refractivity (Wildman–Crippen MR) is 79.4 cm³/mol. The van der Waals surface area contributed by atoms with Crippen molar-refractivity contribution in [1.29, 1.82) is 0 Å². The Hall–Kier alpha value is -0.310. The van der Waals surface area contributed by atoms with E-state index in [1.54, 1.807) is 6.07 Å². The number of hydrogen-bond donors (Lipinski definition) is 0. The summed E-state index contributed by atoms with van der Waals surface area (Å²) in [6.45, 7) is 7.41. The molecule has 0 aliphatic rings. The fourth-order valence-corrected chi connectivity index (χ4v) is 2.14. The third-order valence-corrected chi connectivity index (χ3v) is 3.47. The average Bonchev–Trinajstić information content (AvgIpc) is 2.37. The topological polar surface area (TPSA) is 16.1 Å². The van der Waals surface area contributed by atoms with E-state index >= 15 is 0 Å². The zero-order valence-electron chi connectivity index (χ0n) is 11.3. The predicted octanol–water partition coefficient (Wildman–Crippen LogP) is 4.79. The lowest BCUT2D eigenvalue weighted by Gasteiger charge is -2.22. The van der Waals surface area contributed by atoms with E-state index in [4.69, 9.17) is 23.2 Å². The van der Waals surface area contributed by atoms with Crippen LogP contribution in [0.4, 0.5) is 0 Å². The van der Waals surface area contributed by atoms with E-state index < -0.39 is 0 Å². The summed E-state index contributed by atoms with van der Waals surface area (Å²) in [5.74, 6) is 0. The maximum Gasteiger partial charge on any atom is 0.129 e.